The van der Waals surface area contributed by atoms with Gasteiger partial charge in [-0.05, 0) is 25.0 Å². The number of aromatic nitrogens is 3. The number of pyridine rings is 1. The van der Waals surface area contributed by atoms with Crippen molar-refractivity contribution in [1.82, 2.24) is 19.5 Å². The van der Waals surface area contributed by atoms with Crippen molar-refractivity contribution in [2.45, 2.75) is 45.7 Å². The number of hydrogen-bond acceptors (Lipinski definition) is 4. The van der Waals surface area contributed by atoms with Crippen molar-refractivity contribution >= 4 is 17.5 Å². The lowest BCUT2D eigenvalue weighted by atomic mass is 9.85. The van der Waals surface area contributed by atoms with Gasteiger partial charge in [0.15, 0.2) is 5.65 Å². The van der Waals surface area contributed by atoms with Crippen LogP contribution in [0.3, 0.4) is 0 Å². The Morgan fingerprint density at radius 2 is 2.08 bits per heavy atom. The maximum atomic E-state index is 12.2. The zero-order valence-corrected chi connectivity index (χ0v) is 14.0. The third-order valence-corrected chi connectivity index (χ3v) is 4.26. The van der Waals surface area contributed by atoms with Crippen LogP contribution < -0.4 is 11.0 Å². The van der Waals surface area contributed by atoms with E-state index < -0.39 is 11.5 Å². The first-order valence-electron chi connectivity index (χ1n) is 7.80. The zero-order valence-electron chi connectivity index (χ0n) is 14.0. The predicted octanol–water partition coefficient (Wildman–Crippen LogP) is 0.892. The van der Waals surface area contributed by atoms with E-state index in [0.29, 0.717) is 5.65 Å². The smallest absolute Gasteiger partial charge is 0.350 e. The van der Waals surface area contributed by atoms with E-state index in [2.05, 4.69) is 10.4 Å². The first kappa shape index (κ1) is 17.7. The summed E-state index contributed by atoms with van der Waals surface area (Å²) >= 11 is 0. The van der Waals surface area contributed by atoms with Crippen LogP contribution in [0.4, 0.5) is 0 Å². The highest BCUT2D eigenvalue weighted by Crippen LogP contribution is 2.21. The molecule has 0 aliphatic rings. The van der Waals surface area contributed by atoms with Gasteiger partial charge in [-0.25, -0.2) is 9.48 Å². The number of nitrogens with one attached hydrogen (secondary N) is 1. The van der Waals surface area contributed by atoms with Gasteiger partial charge in [0.1, 0.15) is 0 Å². The summed E-state index contributed by atoms with van der Waals surface area (Å²) in [5.41, 5.74) is -0.636. The van der Waals surface area contributed by atoms with Crippen LogP contribution in [0.15, 0.2) is 29.2 Å². The van der Waals surface area contributed by atoms with Gasteiger partial charge >= 0.3 is 11.7 Å². The highest BCUT2D eigenvalue weighted by molar-refractivity contribution is 5.78. The van der Waals surface area contributed by atoms with E-state index in [-0.39, 0.29) is 36.9 Å². The summed E-state index contributed by atoms with van der Waals surface area (Å²) in [6.45, 7) is 5.56. The highest BCUT2D eigenvalue weighted by Gasteiger charge is 2.32. The Balaban J connectivity index is 2.05. The Morgan fingerprint density at radius 3 is 2.67 bits per heavy atom. The summed E-state index contributed by atoms with van der Waals surface area (Å²) in [5, 5.41) is 16.0. The van der Waals surface area contributed by atoms with Gasteiger partial charge in [0.25, 0.3) is 0 Å². The third kappa shape index (κ3) is 3.81. The number of carboxylic acids is 1. The van der Waals surface area contributed by atoms with Crippen molar-refractivity contribution < 1.29 is 14.7 Å². The molecule has 8 nitrogen and oxygen atoms in total. The molecule has 0 aliphatic heterocycles. The van der Waals surface area contributed by atoms with E-state index in [1.54, 1.807) is 31.3 Å². The van der Waals surface area contributed by atoms with Gasteiger partial charge in [0, 0.05) is 18.2 Å². The van der Waals surface area contributed by atoms with E-state index >= 15 is 0 Å². The summed E-state index contributed by atoms with van der Waals surface area (Å²) in [6.07, 6.45) is 1.50. The van der Waals surface area contributed by atoms with Crippen molar-refractivity contribution in [2.75, 3.05) is 0 Å². The van der Waals surface area contributed by atoms with E-state index in [4.69, 9.17) is 5.11 Å². The molecule has 2 aromatic rings. The minimum atomic E-state index is -0.969. The lowest BCUT2D eigenvalue weighted by Gasteiger charge is -2.33. The van der Waals surface area contributed by atoms with Gasteiger partial charge in [-0.15, -0.1) is 5.10 Å². The van der Waals surface area contributed by atoms with E-state index in [1.807, 2.05) is 13.8 Å². The fourth-order valence-corrected chi connectivity index (χ4v) is 2.41. The molecule has 1 unspecified atom stereocenters. The predicted molar refractivity (Wildman–Crippen MR) is 87.7 cm³/mol. The van der Waals surface area contributed by atoms with Crippen LogP contribution in [-0.2, 0) is 16.1 Å². The molecule has 2 heterocycles. The second-order valence-electron chi connectivity index (χ2n) is 6.38. The maximum Gasteiger partial charge on any atom is 0.350 e. The molecule has 2 aromatic heterocycles. The van der Waals surface area contributed by atoms with Crippen molar-refractivity contribution in [1.29, 1.82) is 0 Å². The Kier molecular flexibility index (Phi) is 5.06. The number of carboxylic acid groups (broad SMARTS) is 1. The number of nitrogens with zero attached hydrogens (tertiary/aromatic N) is 3. The molecule has 0 aromatic carbocycles. The van der Waals surface area contributed by atoms with E-state index in [0.717, 1.165) is 0 Å². The Hall–Kier alpha value is -2.64. The molecule has 1 amide bonds. The molecule has 0 saturated carbocycles. The van der Waals surface area contributed by atoms with Crippen LogP contribution in [0.25, 0.3) is 5.65 Å². The van der Waals surface area contributed by atoms with Gasteiger partial charge in [0.2, 0.25) is 5.91 Å². The topological polar surface area (TPSA) is 106 Å². The lowest BCUT2D eigenvalue weighted by molar-refractivity contribution is -0.139. The van der Waals surface area contributed by atoms with Gasteiger partial charge in [-0.3, -0.25) is 14.0 Å². The molecule has 0 fully saturated rings. The molecule has 8 heteroatoms. The standard InChI is InChI=1S/C16H22N4O4/c1-11(2)16(3,10-14(22)23)17-13(21)7-9-20-15(24)19-8-5-4-6-12(19)18-20/h4-6,8,11H,7,9-10H2,1-3H3,(H,17,21)(H,22,23). The fourth-order valence-electron chi connectivity index (χ4n) is 2.41. The molecule has 24 heavy (non-hydrogen) atoms. The molecule has 0 radical (unpaired) electrons. The van der Waals surface area contributed by atoms with Gasteiger partial charge in [0.05, 0.1) is 13.0 Å². The molecule has 2 rings (SSSR count). The molecule has 0 spiro atoms. The molecule has 2 N–H and O–H groups in total. The van der Waals surface area contributed by atoms with E-state index in [9.17, 15) is 14.4 Å². The number of hydrogen-bond donors (Lipinski definition) is 2. The lowest BCUT2D eigenvalue weighted by Crippen LogP contribution is -2.51. The molecule has 0 aliphatic carbocycles. The molecular weight excluding hydrogens is 312 g/mol. The number of fused-ring (bicyclic) bond motifs is 1. The Bertz CT molecular complexity index is 808. The molecule has 0 saturated heterocycles. The van der Waals surface area contributed by atoms with Crippen LogP contribution in [-0.4, -0.2) is 36.7 Å². The number of aliphatic carboxylic acids is 1. The van der Waals surface area contributed by atoms with Crippen LogP contribution in [0.2, 0.25) is 0 Å². The van der Waals surface area contributed by atoms with E-state index in [1.165, 1.54) is 9.08 Å². The summed E-state index contributed by atoms with van der Waals surface area (Å²) in [6, 6.07) is 5.21. The fraction of sp³-hybridized carbons (Fsp3) is 0.500. The van der Waals surface area contributed by atoms with Crippen molar-refractivity contribution in [3.05, 3.63) is 34.9 Å². The first-order valence-corrected chi connectivity index (χ1v) is 7.80. The minimum Gasteiger partial charge on any atom is -0.481 e. The number of aryl methyl sites for hydroxylation is 1. The summed E-state index contributed by atoms with van der Waals surface area (Å²) in [5.74, 6) is -1.32. The average molecular weight is 334 g/mol. The zero-order chi connectivity index (χ0) is 17.9. The van der Waals surface area contributed by atoms with Crippen molar-refractivity contribution in [2.24, 2.45) is 5.92 Å². The van der Waals surface area contributed by atoms with Gasteiger partial charge in [-0.1, -0.05) is 19.9 Å². The summed E-state index contributed by atoms with van der Waals surface area (Å²) in [4.78, 5) is 35.3. The highest BCUT2D eigenvalue weighted by atomic mass is 16.4. The number of carbonyl (C=O) groups excluding carboxylic acids is 1. The number of carbonyl (C=O) groups is 2. The first-order chi connectivity index (χ1) is 11.2. The van der Waals surface area contributed by atoms with Crippen molar-refractivity contribution in [3.63, 3.8) is 0 Å². The quantitative estimate of drug-likeness (QED) is 0.782. The SMILES string of the molecule is CC(C)C(C)(CC(=O)O)NC(=O)CCn1nc2ccccn2c1=O. The second kappa shape index (κ2) is 6.86. The van der Waals surface area contributed by atoms with Crippen LogP contribution >= 0.6 is 0 Å². The molecule has 0 bridgehead atoms. The third-order valence-electron chi connectivity index (χ3n) is 4.26. The van der Waals surface area contributed by atoms with Crippen LogP contribution in [0.5, 0.6) is 0 Å². The normalized spacial score (nSPS) is 13.8. The maximum absolute atomic E-state index is 12.2. The van der Waals surface area contributed by atoms with Crippen LogP contribution in [0, 0.1) is 5.92 Å². The molecule has 1 atom stereocenters. The van der Waals surface area contributed by atoms with Gasteiger partial charge in [-0.2, -0.15) is 0 Å². The minimum absolute atomic E-state index is 0.0459. The Morgan fingerprint density at radius 1 is 1.38 bits per heavy atom. The van der Waals surface area contributed by atoms with Crippen LogP contribution in [0.1, 0.15) is 33.6 Å². The molecule has 130 valence electrons. The largest absolute Gasteiger partial charge is 0.481 e. The van der Waals surface area contributed by atoms with Gasteiger partial charge < -0.3 is 10.4 Å². The summed E-state index contributed by atoms with van der Waals surface area (Å²) < 4.78 is 2.64. The number of rotatable bonds is 7. The average Bonchev–Trinajstić information content (AvgIpc) is 2.81. The monoisotopic (exact) mass is 334 g/mol. The number of amides is 1. The molecular formula is C16H22N4O4. The van der Waals surface area contributed by atoms with Crippen molar-refractivity contribution in [3.8, 4) is 0 Å². The Labute approximate surface area is 139 Å². The summed E-state index contributed by atoms with van der Waals surface area (Å²) in [7, 11) is 0. The second-order valence-corrected chi connectivity index (χ2v) is 6.38.